The maximum atomic E-state index is 12.2. The Morgan fingerprint density at radius 1 is 1.24 bits per heavy atom. The first-order chi connectivity index (χ1) is 10.1. The number of ether oxygens (including phenoxy) is 1. The van der Waals surface area contributed by atoms with Gasteiger partial charge in [-0.05, 0) is 31.7 Å². The van der Waals surface area contributed by atoms with Gasteiger partial charge in [0, 0.05) is 39.1 Å². The number of sulfonamides is 1. The van der Waals surface area contributed by atoms with Gasteiger partial charge in [-0.15, -0.1) is 0 Å². The summed E-state index contributed by atoms with van der Waals surface area (Å²) < 4.78 is 31.9. The predicted molar refractivity (Wildman–Crippen MR) is 83.9 cm³/mol. The second-order valence-corrected chi connectivity index (χ2v) is 6.52. The minimum Gasteiger partial charge on any atom is -0.385 e. The number of nitrogens with zero attached hydrogens (tertiary/aromatic N) is 1. The number of pyridine rings is 1. The van der Waals surface area contributed by atoms with Crippen LogP contribution in [0.5, 0.6) is 0 Å². The van der Waals surface area contributed by atoms with Crippen LogP contribution in [0.2, 0.25) is 0 Å². The lowest BCUT2D eigenvalue weighted by atomic mass is 10.2. The summed E-state index contributed by atoms with van der Waals surface area (Å²) in [6, 6.07) is 3.06. The molecular formula is C14H25N3O3S. The lowest BCUT2D eigenvalue weighted by Crippen LogP contribution is -2.25. The predicted octanol–water partition coefficient (Wildman–Crippen LogP) is 2.00. The molecule has 1 aromatic rings. The zero-order chi connectivity index (χ0) is 15.6. The molecule has 1 aromatic heterocycles. The third-order valence-corrected chi connectivity index (χ3v) is 4.37. The standard InChI is InChI=1S/C14H25N3O3S/c1-3-8-15-14-12-13(7-10-16-14)21(18,19)17-9-5-4-6-11-20-2/h7,10,12,17H,3-6,8-9,11H2,1-2H3,(H,15,16). The van der Waals surface area contributed by atoms with Crippen molar-refractivity contribution in [2.24, 2.45) is 0 Å². The molecule has 0 bridgehead atoms. The van der Waals surface area contributed by atoms with Gasteiger partial charge in [0.2, 0.25) is 10.0 Å². The fourth-order valence-electron chi connectivity index (χ4n) is 1.77. The molecule has 0 radical (unpaired) electrons. The lowest BCUT2D eigenvalue weighted by Gasteiger charge is -2.09. The van der Waals surface area contributed by atoms with Gasteiger partial charge in [0.05, 0.1) is 4.90 Å². The molecule has 0 aromatic carbocycles. The summed E-state index contributed by atoms with van der Waals surface area (Å²) in [5.41, 5.74) is 0. The zero-order valence-corrected chi connectivity index (χ0v) is 13.6. The number of nitrogens with one attached hydrogen (secondary N) is 2. The molecule has 120 valence electrons. The fourth-order valence-corrected chi connectivity index (χ4v) is 2.85. The van der Waals surface area contributed by atoms with Gasteiger partial charge in [0.15, 0.2) is 0 Å². The van der Waals surface area contributed by atoms with E-state index in [-0.39, 0.29) is 4.90 Å². The van der Waals surface area contributed by atoms with Crippen molar-refractivity contribution in [2.45, 2.75) is 37.5 Å². The van der Waals surface area contributed by atoms with Crippen LogP contribution in [-0.2, 0) is 14.8 Å². The second-order valence-electron chi connectivity index (χ2n) is 4.75. The highest BCUT2D eigenvalue weighted by Gasteiger charge is 2.13. The van der Waals surface area contributed by atoms with Crippen LogP contribution in [0.15, 0.2) is 23.2 Å². The molecule has 0 aliphatic heterocycles. The Labute approximate surface area is 127 Å². The Morgan fingerprint density at radius 2 is 2.05 bits per heavy atom. The van der Waals surface area contributed by atoms with E-state index in [1.165, 1.54) is 12.3 Å². The SMILES string of the molecule is CCCNc1cc(S(=O)(=O)NCCCCCOC)ccn1. The molecule has 0 saturated carbocycles. The summed E-state index contributed by atoms with van der Waals surface area (Å²) in [7, 11) is -1.80. The lowest BCUT2D eigenvalue weighted by molar-refractivity contribution is 0.192. The summed E-state index contributed by atoms with van der Waals surface area (Å²) in [5, 5.41) is 3.08. The summed E-state index contributed by atoms with van der Waals surface area (Å²) in [6.45, 7) is 3.96. The van der Waals surface area contributed by atoms with E-state index in [0.717, 1.165) is 32.2 Å². The van der Waals surface area contributed by atoms with Crippen LogP contribution in [0, 0.1) is 0 Å². The van der Waals surface area contributed by atoms with E-state index in [1.54, 1.807) is 13.2 Å². The van der Waals surface area contributed by atoms with E-state index in [4.69, 9.17) is 4.74 Å². The first kappa shape index (κ1) is 17.9. The van der Waals surface area contributed by atoms with Gasteiger partial charge in [0.1, 0.15) is 5.82 Å². The summed E-state index contributed by atoms with van der Waals surface area (Å²) in [4.78, 5) is 4.35. The molecule has 0 fully saturated rings. The van der Waals surface area contributed by atoms with Gasteiger partial charge in [-0.25, -0.2) is 18.1 Å². The summed E-state index contributed by atoms with van der Waals surface area (Å²) in [5.74, 6) is 0.583. The Hall–Kier alpha value is -1.18. The zero-order valence-electron chi connectivity index (χ0n) is 12.8. The van der Waals surface area contributed by atoms with E-state index < -0.39 is 10.0 Å². The van der Waals surface area contributed by atoms with Crippen LogP contribution >= 0.6 is 0 Å². The van der Waals surface area contributed by atoms with Crippen molar-refractivity contribution in [3.63, 3.8) is 0 Å². The molecule has 1 rings (SSSR count). The number of methoxy groups -OCH3 is 1. The molecule has 0 spiro atoms. The van der Waals surface area contributed by atoms with Gasteiger partial charge in [0.25, 0.3) is 0 Å². The van der Waals surface area contributed by atoms with Crippen molar-refractivity contribution in [3.8, 4) is 0 Å². The highest BCUT2D eigenvalue weighted by molar-refractivity contribution is 7.89. The summed E-state index contributed by atoms with van der Waals surface area (Å²) >= 11 is 0. The minimum atomic E-state index is -3.46. The van der Waals surface area contributed by atoms with Crippen molar-refractivity contribution in [1.29, 1.82) is 0 Å². The molecule has 0 aliphatic carbocycles. The molecule has 0 amide bonds. The number of anilines is 1. The Bertz CT molecular complexity index is 506. The van der Waals surface area contributed by atoms with E-state index >= 15 is 0 Å². The maximum Gasteiger partial charge on any atom is 0.240 e. The monoisotopic (exact) mass is 315 g/mol. The molecular weight excluding hydrogens is 290 g/mol. The number of hydrogen-bond acceptors (Lipinski definition) is 5. The van der Waals surface area contributed by atoms with Gasteiger partial charge in [-0.1, -0.05) is 6.92 Å². The number of rotatable bonds is 11. The van der Waals surface area contributed by atoms with E-state index in [1.807, 2.05) is 6.92 Å². The highest BCUT2D eigenvalue weighted by Crippen LogP contribution is 2.12. The molecule has 0 saturated heterocycles. The van der Waals surface area contributed by atoms with Crippen LogP contribution in [0.4, 0.5) is 5.82 Å². The van der Waals surface area contributed by atoms with Crippen LogP contribution in [0.25, 0.3) is 0 Å². The van der Waals surface area contributed by atoms with Crippen molar-refractivity contribution in [3.05, 3.63) is 18.3 Å². The van der Waals surface area contributed by atoms with E-state index in [0.29, 0.717) is 19.0 Å². The average Bonchev–Trinajstić information content (AvgIpc) is 2.49. The summed E-state index contributed by atoms with van der Waals surface area (Å²) in [6.07, 6.45) is 5.15. The van der Waals surface area contributed by atoms with Gasteiger partial charge in [-0.2, -0.15) is 0 Å². The van der Waals surface area contributed by atoms with Crippen LogP contribution in [0.3, 0.4) is 0 Å². The molecule has 0 aliphatic rings. The van der Waals surface area contributed by atoms with Gasteiger partial charge in [-0.3, -0.25) is 0 Å². The van der Waals surface area contributed by atoms with E-state index in [2.05, 4.69) is 15.0 Å². The second kappa shape index (κ2) is 9.70. The van der Waals surface area contributed by atoms with Crippen molar-refractivity contribution in [1.82, 2.24) is 9.71 Å². The Morgan fingerprint density at radius 3 is 2.76 bits per heavy atom. The number of unbranched alkanes of at least 4 members (excludes halogenated alkanes) is 2. The first-order valence-corrected chi connectivity index (χ1v) is 8.77. The average molecular weight is 315 g/mol. The molecule has 1 heterocycles. The third kappa shape index (κ3) is 6.88. The molecule has 2 N–H and O–H groups in total. The fraction of sp³-hybridized carbons (Fsp3) is 0.643. The number of hydrogen-bond donors (Lipinski definition) is 2. The largest absolute Gasteiger partial charge is 0.385 e. The highest BCUT2D eigenvalue weighted by atomic mass is 32.2. The van der Waals surface area contributed by atoms with Crippen molar-refractivity contribution >= 4 is 15.8 Å². The minimum absolute atomic E-state index is 0.244. The van der Waals surface area contributed by atoms with E-state index in [9.17, 15) is 8.42 Å². The smallest absolute Gasteiger partial charge is 0.240 e. The van der Waals surface area contributed by atoms with Crippen LogP contribution in [-0.4, -0.2) is 40.2 Å². The molecule has 0 unspecified atom stereocenters. The van der Waals surface area contributed by atoms with Crippen LogP contribution < -0.4 is 10.0 Å². The molecule has 7 heteroatoms. The number of aromatic nitrogens is 1. The topological polar surface area (TPSA) is 80.3 Å². The third-order valence-electron chi connectivity index (χ3n) is 2.92. The first-order valence-electron chi connectivity index (χ1n) is 7.28. The normalized spacial score (nSPS) is 11.5. The Balaban J connectivity index is 2.49. The quantitative estimate of drug-likeness (QED) is 0.611. The Kier molecular flexibility index (Phi) is 8.26. The van der Waals surface area contributed by atoms with Crippen molar-refractivity contribution < 1.29 is 13.2 Å². The van der Waals surface area contributed by atoms with Gasteiger partial charge < -0.3 is 10.1 Å². The molecule has 0 atom stereocenters. The molecule has 6 nitrogen and oxygen atoms in total. The van der Waals surface area contributed by atoms with Crippen LogP contribution in [0.1, 0.15) is 32.6 Å². The maximum absolute atomic E-state index is 12.2. The van der Waals surface area contributed by atoms with Gasteiger partial charge >= 0.3 is 0 Å². The molecule has 21 heavy (non-hydrogen) atoms. The van der Waals surface area contributed by atoms with Crippen molar-refractivity contribution in [2.75, 3.05) is 32.1 Å².